The van der Waals surface area contributed by atoms with Crippen molar-refractivity contribution < 1.29 is 4.74 Å². The van der Waals surface area contributed by atoms with Crippen LogP contribution in [0.5, 0.6) is 0 Å². The molecule has 1 aromatic carbocycles. The summed E-state index contributed by atoms with van der Waals surface area (Å²) in [6.07, 6.45) is 0.949. The number of fused-ring (bicyclic) bond motifs is 1. The standard InChI is InChI=1S/C17H23N3O/c1-4-18-17(9-16-7-12(2)19-20(16)3)13-5-6-14-10-21-11-15(14)8-13/h5-8,17-18H,4,9-11H2,1-3H3. The van der Waals surface area contributed by atoms with Gasteiger partial charge in [-0.05, 0) is 36.2 Å². The second kappa shape index (κ2) is 6.00. The number of hydrogen-bond acceptors (Lipinski definition) is 3. The van der Waals surface area contributed by atoms with Crippen LogP contribution < -0.4 is 5.32 Å². The third-order valence-electron chi connectivity index (χ3n) is 4.11. The Labute approximate surface area is 126 Å². The fraction of sp³-hybridized carbons (Fsp3) is 0.471. The van der Waals surface area contributed by atoms with Gasteiger partial charge in [-0.2, -0.15) is 5.10 Å². The van der Waals surface area contributed by atoms with Crippen LogP contribution in [0.25, 0.3) is 0 Å². The maximum absolute atomic E-state index is 5.52. The van der Waals surface area contributed by atoms with E-state index in [9.17, 15) is 0 Å². The van der Waals surface area contributed by atoms with Crippen molar-refractivity contribution in [3.05, 3.63) is 52.3 Å². The number of aromatic nitrogens is 2. The molecule has 112 valence electrons. The van der Waals surface area contributed by atoms with E-state index >= 15 is 0 Å². The Morgan fingerprint density at radius 3 is 2.81 bits per heavy atom. The fourth-order valence-corrected chi connectivity index (χ4v) is 3.03. The Morgan fingerprint density at radius 1 is 1.29 bits per heavy atom. The van der Waals surface area contributed by atoms with Gasteiger partial charge < -0.3 is 10.1 Å². The highest BCUT2D eigenvalue weighted by Gasteiger charge is 2.17. The van der Waals surface area contributed by atoms with E-state index in [2.05, 4.69) is 41.6 Å². The second-order valence-corrected chi connectivity index (χ2v) is 5.74. The Morgan fingerprint density at radius 2 is 2.10 bits per heavy atom. The van der Waals surface area contributed by atoms with Crippen LogP contribution >= 0.6 is 0 Å². The van der Waals surface area contributed by atoms with Gasteiger partial charge >= 0.3 is 0 Å². The van der Waals surface area contributed by atoms with Crippen LogP contribution in [0.1, 0.15) is 41.0 Å². The van der Waals surface area contributed by atoms with E-state index in [4.69, 9.17) is 4.74 Å². The molecule has 1 aliphatic heterocycles. The molecule has 0 fully saturated rings. The van der Waals surface area contributed by atoms with Gasteiger partial charge in [0.25, 0.3) is 0 Å². The first-order chi connectivity index (χ1) is 10.2. The summed E-state index contributed by atoms with van der Waals surface area (Å²) in [5, 5.41) is 8.04. The minimum Gasteiger partial charge on any atom is -0.372 e. The zero-order valence-electron chi connectivity index (χ0n) is 13.0. The number of ether oxygens (including phenoxy) is 1. The molecule has 3 rings (SSSR count). The predicted molar refractivity (Wildman–Crippen MR) is 83.0 cm³/mol. The van der Waals surface area contributed by atoms with E-state index in [1.165, 1.54) is 22.4 Å². The molecule has 4 nitrogen and oxygen atoms in total. The molecule has 0 radical (unpaired) electrons. The highest BCUT2D eigenvalue weighted by molar-refractivity contribution is 5.35. The Hall–Kier alpha value is -1.65. The Bertz CT molecular complexity index is 633. The number of nitrogens with zero attached hydrogens (tertiary/aromatic N) is 2. The largest absolute Gasteiger partial charge is 0.372 e. The van der Waals surface area contributed by atoms with Gasteiger partial charge in [-0.15, -0.1) is 0 Å². The lowest BCUT2D eigenvalue weighted by molar-refractivity contribution is 0.134. The maximum atomic E-state index is 5.52. The highest BCUT2D eigenvalue weighted by Crippen LogP contribution is 2.26. The molecule has 2 aromatic rings. The van der Waals surface area contributed by atoms with Crippen LogP contribution in [0.3, 0.4) is 0 Å². The number of aryl methyl sites for hydroxylation is 2. The van der Waals surface area contributed by atoms with Gasteiger partial charge in [0.2, 0.25) is 0 Å². The summed E-state index contributed by atoms with van der Waals surface area (Å²) in [5.41, 5.74) is 6.32. The molecular weight excluding hydrogens is 262 g/mol. The van der Waals surface area contributed by atoms with E-state index in [1.807, 2.05) is 18.7 Å². The molecule has 1 unspecified atom stereocenters. The van der Waals surface area contributed by atoms with E-state index in [0.29, 0.717) is 6.04 Å². The predicted octanol–water partition coefficient (Wildman–Crippen LogP) is 2.65. The van der Waals surface area contributed by atoms with Gasteiger partial charge in [-0.1, -0.05) is 25.1 Å². The van der Waals surface area contributed by atoms with Crippen LogP contribution in [0.2, 0.25) is 0 Å². The molecule has 1 N–H and O–H groups in total. The van der Waals surface area contributed by atoms with Crippen molar-refractivity contribution >= 4 is 0 Å². The van der Waals surface area contributed by atoms with Crippen molar-refractivity contribution in [1.82, 2.24) is 15.1 Å². The highest BCUT2D eigenvalue weighted by atomic mass is 16.5. The average molecular weight is 285 g/mol. The van der Waals surface area contributed by atoms with Crippen LogP contribution in [0.15, 0.2) is 24.3 Å². The normalized spacial score (nSPS) is 15.2. The topological polar surface area (TPSA) is 39.1 Å². The lowest BCUT2D eigenvalue weighted by Gasteiger charge is -2.19. The molecule has 0 saturated carbocycles. The number of likely N-dealkylation sites (N-methyl/N-ethyl adjacent to an activating group) is 1. The van der Waals surface area contributed by atoms with Gasteiger partial charge in [0.1, 0.15) is 0 Å². The fourth-order valence-electron chi connectivity index (χ4n) is 3.03. The summed E-state index contributed by atoms with van der Waals surface area (Å²) in [7, 11) is 2.02. The number of benzene rings is 1. The Balaban J connectivity index is 1.85. The van der Waals surface area contributed by atoms with Crippen LogP contribution in [-0.4, -0.2) is 16.3 Å². The summed E-state index contributed by atoms with van der Waals surface area (Å²) in [4.78, 5) is 0. The summed E-state index contributed by atoms with van der Waals surface area (Å²) in [6.45, 7) is 6.64. The zero-order valence-corrected chi connectivity index (χ0v) is 13.0. The lowest BCUT2D eigenvalue weighted by Crippen LogP contribution is -2.24. The second-order valence-electron chi connectivity index (χ2n) is 5.74. The van der Waals surface area contributed by atoms with Crippen LogP contribution in [-0.2, 0) is 31.4 Å². The quantitative estimate of drug-likeness (QED) is 0.918. The SMILES string of the molecule is CCNC(Cc1cc(C)nn1C)c1ccc2c(c1)COC2. The van der Waals surface area contributed by atoms with Crippen LogP contribution in [0, 0.1) is 6.92 Å². The van der Waals surface area contributed by atoms with E-state index in [1.54, 1.807) is 0 Å². The van der Waals surface area contributed by atoms with E-state index in [-0.39, 0.29) is 0 Å². The molecule has 1 atom stereocenters. The van der Waals surface area contributed by atoms with Crippen molar-refractivity contribution in [3.63, 3.8) is 0 Å². The van der Waals surface area contributed by atoms with E-state index < -0.39 is 0 Å². The molecule has 21 heavy (non-hydrogen) atoms. The van der Waals surface area contributed by atoms with E-state index in [0.717, 1.165) is 31.9 Å². The molecule has 0 saturated heterocycles. The first-order valence-electron chi connectivity index (χ1n) is 7.59. The number of hydrogen-bond donors (Lipinski definition) is 1. The first kappa shape index (κ1) is 14.3. The zero-order chi connectivity index (χ0) is 14.8. The van der Waals surface area contributed by atoms with Crippen molar-refractivity contribution in [2.45, 2.75) is 39.5 Å². The molecule has 0 spiro atoms. The average Bonchev–Trinajstić information content (AvgIpc) is 3.04. The van der Waals surface area contributed by atoms with Gasteiger partial charge in [0.15, 0.2) is 0 Å². The molecule has 1 aliphatic rings. The van der Waals surface area contributed by atoms with Gasteiger partial charge in [-0.3, -0.25) is 4.68 Å². The third-order valence-corrected chi connectivity index (χ3v) is 4.11. The molecule has 4 heteroatoms. The number of nitrogens with one attached hydrogen (secondary N) is 1. The smallest absolute Gasteiger partial charge is 0.0725 e. The lowest BCUT2D eigenvalue weighted by atomic mass is 9.97. The molecule has 0 amide bonds. The van der Waals surface area contributed by atoms with Gasteiger partial charge in [-0.25, -0.2) is 0 Å². The Kier molecular flexibility index (Phi) is 4.08. The van der Waals surface area contributed by atoms with Crippen molar-refractivity contribution in [1.29, 1.82) is 0 Å². The van der Waals surface area contributed by atoms with Crippen molar-refractivity contribution in [2.24, 2.45) is 7.05 Å². The molecule has 2 heterocycles. The van der Waals surface area contributed by atoms with Crippen molar-refractivity contribution in [3.8, 4) is 0 Å². The summed E-state index contributed by atoms with van der Waals surface area (Å²) < 4.78 is 7.50. The maximum Gasteiger partial charge on any atom is 0.0725 e. The summed E-state index contributed by atoms with van der Waals surface area (Å²) >= 11 is 0. The van der Waals surface area contributed by atoms with Crippen LogP contribution in [0.4, 0.5) is 0 Å². The molecular formula is C17H23N3O. The number of rotatable bonds is 5. The minimum atomic E-state index is 0.315. The molecule has 0 aliphatic carbocycles. The monoisotopic (exact) mass is 285 g/mol. The summed E-state index contributed by atoms with van der Waals surface area (Å²) in [5.74, 6) is 0. The molecule has 1 aromatic heterocycles. The van der Waals surface area contributed by atoms with Gasteiger partial charge in [0.05, 0.1) is 18.9 Å². The third kappa shape index (κ3) is 3.01. The van der Waals surface area contributed by atoms with Gasteiger partial charge in [0, 0.05) is 25.2 Å². The minimum absolute atomic E-state index is 0.315. The first-order valence-corrected chi connectivity index (χ1v) is 7.59. The van der Waals surface area contributed by atoms with Crippen molar-refractivity contribution in [2.75, 3.05) is 6.54 Å². The summed E-state index contributed by atoms with van der Waals surface area (Å²) in [6, 6.07) is 9.20. The molecule has 0 bridgehead atoms.